The van der Waals surface area contributed by atoms with Gasteiger partial charge in [0.1, 0.15) is 23.1 Å². The summed E-state index contributed by atoms with van der Waals surface area (Å²) in [5.74, 6) is 1.13. The first-order valence-electron chi connectivity index (χ1n) is 12.0. The number of carbonyl (C=O) groups is 3. The van der Waals surface area contributed by atoms with Crippen LogP contribution in [0.1, 0.15) is 66.9 Å². The van der Waals surface area contributed by atoms with E-state index in [-0.39, 0.29) is 17.5 Å². The van der Waals surface area contributed by atoms with Crippen LogP contribution in [-0.4, -0.2) is 58.3 Å². The fraction of sp³-hybridized carbons (Fsp3) is 0.600. The van der Waals surface area contributed by atoms with E-state index in [0.29, 0.717) is 48.1 Å². The molecule has 1 unspecified atom stereocenters. The predicted molar refractivity (Wildman–Crippen MR) is 122 cm³/mol. The van der Waals surface area contributed by atoms with Crippen molar-refractivity contribution in [1.82, 2.24) is 19.6 Å². The van der Waals surface area contributed by atoms with Crippen LogP contribution in [0.4, 0.5) is 0 Å². The normalized spacial score (nSPS) is 27.8. The van der Waals surface area contributed by atoms with E-state index in [1.807, 2.05) is 0 Å². The van der Waals surface area contributed by atoms with Crippen molar-refractivity contribution in [2.24, 2.45) is 23.2 Å². The van der Waals surface area contributed by atoms with Crippen molar-refractivity contribution < 1.29 is 19.1 Å². The van der Waals surface area contributed by atoms with Crippen molar-refractivity contribution in [3.05, 3.63) is 35.8 Å². The van der Waals surface area contributed by atoms with Crippen LogP contribution in [0, 0.1) is 23.2 Å². The Balaban J connectivity index is 1.32. The van der Waals surface area contributed by atoms with Gasteiger partial charge in [-0.3, -0.25) is 14.0 Å². The molecule has 176 valence electrons. The molecular formula is C25H32N4O4. The van der Waals surface area contributed by atoms with Gasteiger partial charge in [-0.15, -0.1) is 0 Å². The number of carbonyl (C=O) groups excluding carboxylic acids is 3. The Labute approximate surface area is 193 Å². The number of likely N-dealkylation sites (tertiary alicyclic amines) is 1. The van der Waals surface area contributed by atoms with Crippen LogP contribution in [-0.2, 0) is 9.53 Å². The molecular weight excluding hydrogens is 420 g/mol. The molecule has 1 N–H and O–H groups in total. The number of rotatable bonds is 5. The zero-order chi connectivity index (χ0) is 23.3. The second-order valence-electron chi connectivity index (χ2n) is 10.4. The van der Waals surface area contributed by atoms with Crippen molar-refractivity contribution in [2.75, 3.05) is 20.2 Å². The highest BCUT2D eigenvalue weighted by atomic mass is 16.5. The van der Waals surface area contributed by atoms with Crippen LogP contribution in [0.2, 0.25) is 0 Å². The van der Waals surface area contributed by atoms with Gasteiger partial charge < -0.3 is 15.0 Å². The molecule has 4 atom stereocenters. The molecule has 2 amide bonds. The molecule has 33 heavy (non-hydrogen) atoms. The molecule has 4 fully saturated rings. The first kappa shape index (κ1) is 21.9. The number of ether oxygens (including phenoxy) is 1. The number of amides is 2. The Morgan fingerprint density at radius 3 is 2.76 bits per heavy atom. The number of nitrogens with one attached hydrogen (secondary N) is 1. The number of pyridine rings is 1. The van der Waals surface area contributed by atoms with Crippen molar-refractivity contribution in [3.8, 4) is 0 Å². The molecule has 8 heteroatoms. The van der Waals surface area contributed by atoms with Crippen molar-refractivity contribution in [3.63, 3.8) is 0 Å². The predicted octanol–water partition coefficient (Wildman–Crippen LogP) is 2.91. The van der Waals surface area contributed by atoms with E-state index in [1.165, 1.54) is 31.3 Å². The van der Waals surface area contributed by atoms with Gasteiger partial charge in [-0.2, -0.15) is 0 Å². The first-order chi connectivity index (χ1) is 15.8. The van der Waals surface area contributed by atoms with Gasteiger partial charge in [0.2, 0.25) is 0 Å². The van der Waals surface area contributed by atoms with Gasteiger partial charge in [-0.05, 0) is 67.4 Å². The van der Waals surface area contributed by atoms with Gasteiger partial charge in [-0.1, -0.05) is 19.9 Å². The van der Waals surface area contributed by atoms with E-state index in [4.69, 9.17) is 4.74 Å². The third kappa shape index (κ3) is 3.60. The van der Waals surface area contributed by atoms with E-state index < -0.39 is 12.0 Å². The average Bonchev–Trinajstić information content (AvgIpc) is 3.48. The number of fused-ring (bicyclic) bond motifs is 3. The lowest BCUT2D eigenvalue weighted by Gasteiger charge is -2.60. The molecule has 0 spiro atoms. The topological polar surface area (TPSA) is 93.0 Å². The quantitative estimate of drug-likeness (QED) is 0.704. The van der Waals surface area contributed by atoms with Crippen LogP contribution < -0.4 is 5.32 Å². The molecule has 6 rings (SSSR count). The maximum absolute atomic E-state index is 13.1. The smallest absolute Gasteiger partial charge is 0.328 e. The van der Waals surface area contributed by atoms with E-state index in [2.05, 4.69) is 24.1 Å². The number of methoxy groups -OCH3 is 1. The van der Waals surface area contributed by atoms with Crippen LogP contribution in [0.25, 0.3) is 5.65 Å². The Bertz CT molecular complexity index is 1110. The maximum Gasteiger partial charge on any atom is 0.328 e. The number of imidazole rings is 1. The van der Waals surface area contributed by atoms with Gasteiger partial charge in [0, 0.05) is 19.3 Å². The molecule has 8 nitrogen and oxygen atoms in total. The third-order valence-corrected chi connectivity index (χ3v) is 8.46. The minimum Gasteiger partial charge on any atom is -0.467 e. The van der Waals surface area contributed by atoms with E-state index in [0.717, 1.165) is 12.3 Å². The minimum absolute atomic E-state index is 0.162. The molecule has 1 aliphatic heterocycles. The summed E-state index contributed by atoms with van der Waals surface area (Å²) in [7, 11) is 1.33. The summed E-state index contributed by atoms with van der Waals surface area (Å²) in [4.78, 5) is 44.2. The molecule has 3 aliphatic carbocycles. The van der Waals surface area contributed by atoms with Crippen LogP contribution in [0.3, 0.4) is 0 Å². The number of esters is 1. The molecule has 2 aromatic heterocycles. The molecule has 3 heterocycles. The van der Waals surface area contributed by atoms with Gasteiger partial charge in [0.25, 0.3) is 11.8 Å². The molecule has 0 aromatic carbocycles. The summed E-state index contributed by atoms with van der Waals surface area (Å²) in [6.07, 6.45) is 6.61. The Morgan fingerprint density at radius 1 is 1.21 bits per heavy atom. The van der Waals surface area contributed by atoms with Crippen molar-refractivity contribution in [1.29, 1.82) is 0 Å². The number of nitrogens with zero attached hydrogens (tertiary/aromatic N) is 3. The van der Waals surface area contributed by atoms with E-state index >= 15 is 0 Å². The Kier molecular flexibility index (Phi) is 5.41. The highest BCUT2D eigenvalue weighted by molar-refractivity contribution is 5.97. The molecule has 1 saturated heterocycles. The van der Waals surface area contributed by atoms with Gasteiger partial charge in [0.15, 0.2) is 0 Å². The zero-order valence-corrected chi connectivity index (χ0v) is 19.5. The average molecular weight is 453 g/mol. The fourth-order valence-electron chi connectivity index (χ4n) is 6.36. The highest BCUT2D eigenvalue weighted by Crippen LogP contribution is 2.61. The second-order valence-corrected chi connectivity index (χ2v) is 10.4. The number of hydrogen-bond acceptors (Lipinski definition) is 5. The monoisotopic (exact) mass is 452 g/mol. The minimum atomic E-state index is -0.582. The fourth-order valence-corrected chi connectivity index (χ4v) is 6.36. The lowest BCUT2D eigenvalue weighted by molar-refractivity contribution is -0.145. The zero-order valence-electron chi connectivity index (χ0n) is 19.5. The second kappa shape index (κ2) is 8.15. The lowest BCUT2D eigenvalue weighted by atomic mass is 9.45. The van der Waals surface area contributed by atoms with Gasteiger partial charge >= 0.3 is 5.97 Å². The summed E-state index contributed by atoms with van der Waals surface area (Å²) in [6, 6.07) is 4.71. The largest absolute Gasteiger partial charge is 0.467 e. The Hall–Kier alpha value is -2.90. The van der Waals surface area contributed by atoms with Crippen LogP contribution in [0.15, 0.2) is 24.4 Å². The maximum atomic E-state index is 13.1. The molecule has 2 aromatic rings. The summed E-state index contributed by atoms with van der Waals surface area (Å²) in [6.45, 7) is 5.87. The van der Waals surface area contributed by atoms with E-state index in [9.17, 15) is 14.4 Å². The summed E-state index contributed by atoms with van der Waals surface area (Å²) < 4.78 is 6.51. The molecule has 2 bridgehead atoms. The lowest BCUT2D eigenvalue weighted by Crippen LogP contribution is -2.54. The van der Waals surface area contributed by atoms with Gasteiger partial charge in [-0.25, -0.2) is 9.78 Å². The van der Waals surface area contributed by atoms with Crippen molar-refractivity contribution in [2.45, 2.75) is 52.0 Å². The molecule has 0 radical (unpaired) electrons. The summed E-state index contributed by atoms with van der Waals surface area (Å²) in [5.41, 5.74) is 1.58. The van der Waals surface area contributed by atoms with E-state index in [1.54, 1.807) is 28.8 Å². The number of hydrogen-bond donors (Lipinski definition) is 1. The molecule has 4 aliphatic rings. The highest BCUT2D eigenvalue weighted by Gasteiger charge is 2.53. The van der Waals surface area contributed by atoms with Crippen LogP contribution >= 0.6 is 0 Å². The first-order valence-corrected chi connectivity index (χ1v) is 12.0. The van der Waals surface area contributed by atoms with Crippen molar-refractivity contribution >= 4 is 23.4 Å². The SMILES string of the molecule is COC(=O)C1CCCN1C(=O)c1cn2c(C(=O)NC[C@@H]3CC[C@H]4C[C@@H]3C4(C)C)cccc2n1. The van der Waals surface area contributed by atoms with Gasteiger partial charge in [0.05, 0.1) is 7.11 Å². The van der Waals surface area contributed by atoms with Crippen LogP contribution in [0.5, 0.6) is 0 Å². The standard InChI is InChI=1S/C25H32N4O4/c1-25(2)16-10-9-15(17(25)12-16)13-26-22(30)19-6-4-8-21-27-18(14-29(19)21)23(31)28-11-5-7-20(28)24(32)33-3/h4,6,8,14-17,20H,5,7,9-13H2,1-3H3,(H,26,30)/t15-,16-,17-,20?/m0/s1. The number of aromatic nitrogens is 2. The summed E-state index contributed by atoms with van der Waals surface area (Å²) >= 11 is 0. The third-order valence-electron chi connectivity index (χ3n) is 8.46. The molecule has 3 saturated carbocycles. The summed E-state index contributed by atoms with van der Waals surface area (Å²) in [5, 5.41) is 3.13. The Morgan fingerprint density at radius 2 is 2.03 bits per heavy atom.